The minimum absolute atomic E-state index is 0.440. The molecule has 3 rings (SSSR count). The average Bonchev–Trinajstić information content (AvgIpc) is 3.01. The van der Waals surface area contributed by atoms with E-state index in [-0.39, 0.29) is 0 Å². The summed E-state index contributed by atoms with van der Waals surface area (Å²) in [4.78, 5) is 0. The standard InChI is InChI=1S/C17H22N2.C15H22BrCl.C11H14BrCl/c1-12(2)7-15-9-14(11-19)10-16(8-13(3)4)17(15)5-6-18;1-10(2)5-12-7-14(16)8-13(6-11(3)4)15(12)9-17;1-3-8-5-6-9(7-13)10(4-2)11(8)12/h9-10,12-13H,5,7-8H2,1-4H3;7-8,10-11H,5-6,9H2,1-4H3;5-6H,3-4,7H2,1-2H3. The maximum Gasteiger partial charge on any atom is 0.0991 e. The smallest absolute Gasteiger partial charge is 0.0991 e. The normalized spacial score (nSPS) is 10.9. The van der Waals surface area contributed by atoms with Crippen LogP contribution < -0.4 is 0 Å². The topological polar surface area (TPSA) is 47.6 Å². The van der Waals surface area contributed by atoms with Gasteiger partial charge in [0.05, 0.1) is 24.1 Å². The Bertz CT molecular complexity index is 1480. The molecule has 0 bridgehead atoms. The highest BCUT2D eigenvalue weighted by molar-refractivity contribution is 9.10. The molecular weight excluding hydrogens is 775 g/mol. The molecule has 3 aromatic rings. The highest BCUT2D eigenvalue weighted by Gasteiger charge is 2.14. The third-order valence-electron chi connectivity index (χ3n) is 8.16. The van der Waals surface area contributed by atoms with E-state index in [0.717, 1.165) is 44.1 Å². The molecule has 0 spiro atoms. The van der Waals surface area contributed by atoms with Gasteiger partial charge in [-0.05, 0) is 137 Å². The number of hydrogen-bond acceptors (Lipinski definition) is 2. The van der Waals surface area contributed by atoms with Gasteiger partial charge in [-0.2, -0.15) is 10.5 Å². The number of nitrogens with zero attached hydrogens (tertiary/aromatic N) is 2. The molecule has 0 aliphatic carbocycles. The molecule has 0 saturated heterocycles. The second-order valence-corrected chi connectivity index (χ2v) is 16.7. The molecule has 0 atom stereocenters. The van der Waals surface area contributed by atoms with Gasteiger partial charge in [-0.15, -0.1) is 23.2 Å². The number of alkyl halides is 2. The van der Waals surface area contributed by atoms with E-state index in [1.165, 1.54) is 53.5 Å². The predicted molar refractivity (Wildman–Crippen MR) is 221 cm³/mol. The quantitative estimate of drug-likeness (QED) is 0.161. The highest BCUT2D eigenvalue weighted by atomic mass is 79.9. The molecule has 268 valence electrons. The molecule has 0 aliphatic heterocycles. The summed E-state index contributed by atoms with van der Waals surface area (Å²) in [7, 11) is 0. The van der Waals surface area contributed by atoms with Crippen LogP contribution in [0.3, 0.4) is 0 Å². The van der Waals surface area contributed by atoms with Crippen LogP contribution in [-0.2, 0) is 56.7 Å². The van der Waals surface area contributed by atoms with E-state index in [9.17, 15) is 0 Å². The van der Waals surface area contributed by atoms with Crippen LogP contribution in [0.5, 0.6) is 0 Å². The largest absolute Gasteiger partial charge is 0.198 e. The van der Waals surface area contributed by atoms with E-state index in [1.807, 2.05) is 12.1 Å². The summed E-state index contributed by atoms with van der Waals surface area (Å²) < 4.78 is 2.42. The summed E-state index contributed by atoms with van der Waals surface area (Å²) in [6.45, 7) is 22.0. The molecule has 0 aliphatic rings. The Morgan fingerprint density at radius 2 is 1.00 bits per heavy atom. The van der Waals surface area contributed by atoms with Crippen LogP contribution in [0.25, 0.3) is 0 Å². The van der Waals surface area contributed by atoms with Gasteiger partial charge < -0.3 is 0 Å². The van der Waals surface area contributed by atoms with Crippen molar-refractivity contribution in [1.29, 1.82) is 10.5 Å². The number of benzene rings is 3. The van der Waals surface area contributed by atoms with E-state index in [2.05, 4.69) is 138 Å². The summed E-state index contributed by atoms with van der Waals surface area (Å²) in [6, 6.07) is 17.2. The van der Waals surface area contributed by atoms with Crippen molar-refractivity contribution in [3.63, 3.8) is 0 Å². The van der Waals surface area contributed by atoms with Crippen LogP contribution >= 0.6 is 55.1 Å². The lowest BCUT2D eigenvalue weighted by atomic mass is 9.87. The molecule has 0 amide bonds. The number of aryl methyl sites for hydroxylation is 1. The van der Waals surface area contributed by atoms with Gasteiger partial charge in [-0.3, -0.25) is 0 Å². The Hall–Kier alpha value is -1.82. The highest BCUT2D eigenvalue weighted by Crippen LogP contribution is 2.29. The molecule has 0 heterocycles. The monoisotopic (exact) mass is 830 g/mol. The Labute approximate surface area is 326 Å². The molecule has 0 aromatic heterocycles. The van der Waals surface area contributed by atoms with Crippen molar-refractivity contribution in [2.24, 2.45) is 23.7 Å². The van der Waals surface area contributed by atoms with Gasteiger partial charge in [-0.25, -0.2) is 0 Å². The fourth-order valence-electron chi connectivity index (χ4n) is 6.07. The predicted octanol–water partition coefficient (Wildman–Crippen LogP) is 13.9. The first-order valence-electron chi connectivity index (χ1n) is 17.8. The van der Waals surface area contributed by atoms with Gasteiger partial charge in [0.2, 0.25) is 0 Å². The van der Waals surface area contributed by atoms with E-state index in [0.29, 0.717) is 47.4 Å². The third-order valence-corrected chi connectivity index (χ3v) is 10.2. The molecule has 0 fully saturated rings. The molecule has 3 aromatic carbocycles. The van der Waals surface area contributed by atoms with Crippen LogP contribution in [0.4, 0.5) is 0 Å². The van der Waals surface area contributed by atoms with Crippen molar-refractivity contribution in [3.8, 4) is 12.1 Å². The number of nitriles is 2. The zero-order valence-corrected chi connectivity index (χ0v) is 36.2. The molecule has 0 radical (unpaired) electrons. The van der Waals surface area contributed by atoms with Crippen LogP contribution in [0.15, 0.2) is 45.3 Å². The number of hydrogen-bond donors (Lipinski definition) is 0. The van der Waals surface area contributed by atoms with E-state index < -0.39 is 0 Å². The first kappa shape index (κ1) is 45.2. The van der Waals surface area contributed by atoms with Gasteiger partial charge in [-0.1, -0.05) is 113 Å². The summed E-state index contributed by atoms with van der Waals surface area (Å²) >= 11 is 19.2. The minimum atomic E-state index is 0.440. The van der Waals surface area contributed by atoms with Crippen LogP contribution in [-0.4, -0.2) is 0 Å². The second kappa shape index (κ2) is 23.6. The molecule has 0 saturated carbocycles. The Kier molecular flexibility index (Phi) is 21.8. The lowest BCUT2D eigenvalue weighted by Gasteiger charge is -2.17. The van der Waals surface area contributed by atoms with Crippen LogP contribution in [0.2, 0.25) is 0 Å². The summed E-state index contributed by atoms with van der Waals surface area (Å²) in [6.07, 6.45) is 6.61. The number of halogens is 4. The number of rotatable bonds is 13. The first-order chi connectivity index (χ1) is 23.1. The van der Waals surface area contributed by atoms with Crippen LogP contribution in [0.1, 0.15) is 125 Å². The van der Waals surface area contributed by atoms with Gasteiger partial charge in [0, 0.05) is 20.7 Å². The maximum atomic E-state index is 9.16. The summed E-state index contributed by atoms with van der Waals surface area (Å²) in [5.74, 6) is 3.61. The van der Waals surface area contributed by atoms with Crippen molar-refractivity contribution >= 4 is 55.1 Å². The molecule has 0 unspecified atom stereocenters. The van der Waals surface area contributed by atoms with Crippen molar-refractivity contribution < 1.29 is 0 Å². The fraction of sp³-hybridized carbons (Fsp3) is 0.535. The summed E-state index contributed by atoms with van der Waals surface area (Å²) in [5, 5.41) is 18.2. The zero-order chi connectivity index (χ0) is 37.3. The lowest BCUT2D eigenvalue weighted by Crippen LogP contribution is -2.07. The van der Waals surface area contributed by atoms with E-state index in [4.69, 9.17) is 33.7 Å². The fourth-order valence-corrected chi connectivity index (χ4v) is 8.17. The Morgan fingerprint density at radius 1 is 0.571 bits per heavy atom. The Balaban J connectivity index is 0.000000374. The van der Waals surface area contributed by atoms with Gasteiger partial charge >= 0.3 is 0 Å². The van der Waals surface area contributed by atoms with Crippen molar-refractivity contribution in [1.82, 2.24) is 0 Å². The van der Waals surface area contributed by atoms with Crippen molar-refractivity contribution in [2.75, 3.05) is 0 Å². The summed E-state index contributed by atoms with van der Waals surface area (Å²) in [5.41, 5.74) is 12.3. The van der Waals surface area contributed by atoms with E-state index in [1.54, 1.807) is 0 Å². The second-order valence-electron chi connectivity index (χ2n) is 14.5. The van der Waals surface area contributed by atoms with Gasteiger partial charge in [0.25, 0.3) is 0 Å². The molecule has 6 heteroatoms. The lowest BCUT2D eigenvalue weighted by molar-refractivity contribution is 0.629. The van der Waals surface area contributed by atoms with E-state index >= 15 is 0 Å². The average molecular weight is 834 g/mol. The molecule has 0 N–H and O–H groups in total. The minimum Gasteiger partial charge on any atom is -0.198 e. The third kappa shape index (κ3) is 15.5. The SMILES string of the molecule is CC(C)Cc1cc(Br)cc(CC(C)C)c1CCl.CC(C)Cc1cc(C#N)cc(CC(C)C)c1CC#N.CCc1ccc(CCl)c(CC)c1Br. The van der Waals surface area contributed by atoms with Crippen molar-refractivity contribution in [3.05, 3.63) is 101 Å². The van der Waals surface area contributed by atoms with Gasteiger partial charge in [0.1, 0.15) is 0 Å². The van der Waals surface area contributed by atoms with Gasteiger partial charge in [0.15, 0.2) is 0 Å². The molecular formula is C43H58Br2Cl2N2. The maximum absolute atomic E-state index is 9.16. The van der Waals surface area contributed by atoms with Crippen LogP contribution in [0, 0.1) is 46.3 Å². The van der Waals surface area contributed by atoms with Crippen molar-refractivity contribution in [2.45, 2.75) is 126 Å². The first-order valence-corrected chi connectivity index (χ1v) is 20.4. The Morgan fingerprint density at radius 3 is 1.33 bits per heavy atom. The zero-order valence-electron chi connectivity index (χ0n) is 31.5. The molecule has 49 heavy (non-hydrogen) atoms. The molecule has 2 nitrogen and oxygen atoms in total.